The van der Waals surface area contributed by atoms with Gasteiger partial charge in [-0.25, -0.2) is 0 Å². The van der Waals surface area contributed by atoms with E-state index in [1.165, 1.54) is 19.3 Å². The third-order valence-electron chi connectivity index (χ3n) is 3.54. The van der Waals surface area contributed by atoms with E-state index in [-0.39, 0.29) is 6.61 Å². The molecule has 1 aliphatic carbocycles. The molecule has 0 bridgehead atoms. The molecule has 0 aromatic heterocycles. The van der Waals surface area contributed by atoms with Gasteiger partial charge in [0, 0.05) is 12.6 Å². The van der Waals surface area contributed by atoms with Crippen molar-refractivity contribution in [2.75, 3.05) is 13.2 Å². The molecule has 0 saturated heterocycles. The van der Waals surface area contributed by atoms with Gasteiger partial charge >= 0.3 is 0 Å². The average Bonchev–Trinajstić information content (AvgIpc) is 2.14. The summed E-state index contributed by atoms with van der Waals surface area (Å²) in [6.07, 6.45) is 4.00. The third kappa shape index (κ3) is 3.25. The quantitative estimate of drug-likeness (QED) is 0.726. The number of aliphatic hydroxyl groups is 1. The summed E-state index contributed by atoms with van der Waals surface area (Å²) in [6, 6.07) is 0.630. The molecule has 0 unspecified atom stereocenters. The van der Waals surface area contributed by atoms with Crippen LogP contribution in [0, 0.1) is 17.8 Å². The zero-order valence-electron chi connectivity index (χ0n) is 9.79. The Labute approximate surface area is 88.1 Å². The van der Waals surface area contributed by atoms with Crippen molar-refractivity contribution in [3.63, 3.8) is 0 Å². The topological polar surface area (TPSA) is 32.3 Å². The highest BCUT2D eigenvalue weighted by molar-refractivity contribution is 4.85. The molecule has 0 spiro atoms. The summed E-state index contributed by atoms with van der Waals surface area (Å²) < 4.78 is 0. The molecule has 2 N–H and O–H groups in total. The van der Waals surface area contributed by atoms with Crippen molar-refractivity contribution in [3.05, 3.63) is 0 Å². The minimum Gasteiger partial charge on any atom is -0.395 e. The van der Waals surface area contributed by atoms with Crippen molar-refractivity contribution in [2.45, 2.75) is 46.1 Å². The van der Waals surface area contributed by atoms with E-state index >= 15 is 0 Å². The monoisotopic (exact) mass is 199 g/mol. The average molecular weight is 199 g/mol. The molecule has 3 atom stereocenters. The van der Waals surface area contributed by atoms with Gasteiger partial charge in [-0.3, -0.25) is 0 Å². The maximum Gasteiger partial charge on any atom is 0.0556 e. The molecule has 1 aliphatic rings. The molecule has 0 radical (unpaired) electrons. The smallest absolute Gasteiger partial charge is 0.0556 e. The number of aliphatic hydroxyl groups excluding tert-OH is 1. The van der Waals surface area contributed by atoms with Gasteiger partial charge in [-0.05, 0) is 30.6 Å². The second-order valence-electron chi connectivity index (χ2n) is 5.11. The lowest BCUT2D eigenvalue weighted by molar-refractivity contribution is 0.161. The highest BCUT2D eigenvalue weighted by Gasteiger charge is 2.29. The fourth-order valence-corrected chi connectivity index (χ4v) is 2.69. The van der Waals surface area contributed by atoms with Crippen molar-refractivity contribution in [2.24, 2.45) is 17.8 Å². The Bertz CT molecular complexity index is 158. The highest BCUT2D eigenvalue weighted by atomic mass is 16.3. The van der Waals surface area contributed by atoms with Gasteiger partial charge in [0.1, 0.15) is 0 Å². The minimum atomic E-state index is 0.260. The third-order valence-corrected chi connectivity index (χ3v) is 3.54. The van der Waals surface area contributed by atoms with E-state index in [9.17, 15) is 0 Å². The molecule has 2 heteroatoms. The summed E-state index contributed by atoms with van der Waals surface area (Å²) in [7, 11) is 0. The first kappa shape index (κ1) is 12.0. The zero-order chi connectivity index (χ0) is 10.6. The molecule has 0 aromatic rings. The Morgan fingerprint density at radius 2 is 2.07 bits per heavy atom. The van der Waals surface area contributed by atoms with Gasteiger partial charge in [0.2, 0.25) is 0 Å². The summed E-state index contributed by atoms with van der Waals surface area (Å²) in [5.74, 6) is 2.41. The van der Waals surface area contributed by atoms with Gasteiger partial charge in [-0.2, -0.15) is 0 Å². The van der Waals surface area contributed by atoms with Crippen LogP contribution in [0.25, 0.3) is 0 Å². The molecule has 0 aromatic carbocycles. The van der Waals surface area contributed by atoms with Crippen LogP contribution < -0.4 is 5.32 Å². The van der Waals surface area contributed by atoms with E-state index < -0.39 is 0 Å². The van der Waals surface area contributed by atoms with Crippen LogP contribution >= 0.6 is 0 Å². The molecule has 0 aliphatic heterocycles. The minimum absolute atomic E-state index is 0.260. The number of hydrogen-bond acceptors (Lipinski definition) is 2. The highest BCUT2D eigenvalue weighted by Crippen LogP contribution is 2.33. The molecular weight excluding hydrogens is 174 g/mol. The summed E-state index contributed by atoms with van der Waals surface area (Å²) in [6.45, 7) is 7.98. The van der Waals surface area contributed by atoms with Crippen molar-refractivity contribution >= 4 is 0 Å². The van der Waals surface area contributed by atoms with Crippen molar-refractivity contribution in [1.29, 1.82) is 0 Å². The van der Waals surface area contributed by atoms with Crippen LogP contribution in [-0.4, -0.2) is 24.3 Å². The van der Waals surface area contributed by atoms with Crippen molar-refractivity contribution in [3.8, 4) is 0 Å². The molecule has 1 rings (SSSR count). The number of rotatable bonds is 4. The van der Waals surface area contributed by atoms with Crippen LogP contribution in [0.5, 0.6) is 0 Å². The molecule has 0 amide bonds. The largest absolute Gasteiger partial charge is 0.395 e. The summed E-state index contributed by atoms with van der Waals surface area (Å²) in [4.78, 5) is 0. The Morgan fingerprint density at radius 1 is 1.36 bits per heavy atom. The fraction of sp³-hybridized carbons (Fsp3) is 1.00. The van der Waals surface area contributed by atoms with Crippen molar-refractivity contribution in [1.82, 2.24) is 5.32 Å². The predicted octanol–water partition coefficient (Wildman–Crippen LogP) is 2.03. The molecule has 2 nitrogen and oxygen atoms in total. The van der Waals surface area contributed by atoms with Crippen LogP contribution in [-0.2, 0) is 0 Å². The number of hydrogen-bond donors (Lipinski definition) is 2. The van der Waals surface area contributed by atoms with Crippen LogP contribution in [0.15, 0.2) is 0 Å². The molecule has 84 valence electrons. The molecular formula is C12H25NO. The first-order valence-electron chi connectivity index (χ1n) is 5.99. The Hall–Kier alpha value is -0.0800. The van der Waals surface area contributed by atoms with E-state index in [2.05, 4.69) is 26.1 Å². The van der Waals surface area contributed by atoms with Crippen molar-refractivity contribution < 1.29 is 5.11 Å². The fourth-order valence-electron chi connectivity index (χ4n) is 2.69. The lowest BCUT2D eigenvalue weighted by Gasteiger charge is -2.37. The van der Waals surface area contributed by atoms with Gasteiger partial charge in [0.05, 0.1) is 6.61 Å². The van der Waals surface area contributed by atoms with E-state index in [0.29, 0.717) is 6.04 Å². The second-order valence-corrected chi connectivity index (χ2v) is 5.11. The molecule has 0 heterocycles. The van der Waals surface area contributed by atoms with Gasteiger partial charge in [-0.15, -0.1) is 0 Å². The lowest BCUT2D eigenvalue weighted by atomic mass is 9.74. The second kappa shape index (κ2) is 5.72. The molecule has 1 fully saturated rings. The summed E-state index contributed by atoms with van der Waals surface area (Å²) >= 11 is 0. The molecule has 14 heavy (non-hydrogen) atoms. The standard InChI is InChI=1S/C12H25NO/c1-9(2)11-5-4-10(3)8-12(11)13-6-7-14/h9-14H,4-8H2,1-3H3/t10-,11+,12-/m1/s1. The van der Waals surface area contributed by atoms with Crippen LogP contribution in [0.4, 0.5) is 0 Å². The Morgan fingerprint density at radius 3 is 2.64 bits per heavy atom. The molecule has 1 saturated carbocycles. The summed E-state index contributed by atoms with van der Waals surface area (Å²) in [5.41, 5.74) is 0. The van der Waals surface area contributed by atoms with Gasteiger partial charge < -0.3 is 10.4 Å². The van der Waals surface area contributed by atoms with Crippen LogP contribution in [0.2, 0.25) is 0 Å². The van der Waals surface area contributed by atoms with Gasteiger partial charge in [-0.1, -0.05) is 27.2 Å². The van der Waals surface area contributed by atoms with E-state index in [1.807, 2.05) is 0 Å². The lowest BCUT2D eigenvalue weighted by Crippen LogP contribution is -2.43. The predicted molar refractivity (Wildman–Crippen MR) is 60.2 cm³/mol. The first-order chi connectivity index (χ1) is 6.65. The normalized spacial score (nSPS) is 33.6. The number of nitrogens with one attached hydrogen (secondary N) is 1. The first-order valence-corrected chi connectivity index (χ1v) is 5.99. The van der Waals surface area contributed by atoms with E-state index in [0.717, 1.165) is 24.3 Å². The maximum absolute atomic E-state index is 8.83. The Balaban J connectivity index is 2.45. The van der Waals surface area contributed by atoms with Gasteiger partial charge in [0.25, 0.3) is 0 Å². The van der Waals surface area contributed by atoms with E-state index in [4.69, 9.17) is 5.11 Å². The van der Waals surface area contributed by atoms with Crippen LogP contribution in [0.1, 0.15) is 40.0 Å². The zero-order valence-corrected chi connectivity index (χ0v) is 9.79. The summed E-state index contributed by atoms with van der Waals surface area (Å²) in [5, 5.41) is 12.3. The SMILES string of the molecule is CC(C)[C@@H]1CC[C@@H](C)C[C@H]1NCCO. The maximum atomic E-state index is 8.83. The van der Waals surface area contributed by atoms with E-state index in [1.54, 1.807) is 0 Å². The Kier molecular flexibility index (Phi) is 4.90. The van der Waals surface area contributed by atoms with Gasteiger partial charge in [0.15, 0.2) is 0 Å². The van der Waals surface area contributed by atoms with Crippen LogP contribution in [0.3, 0.4) is 0 Å².